The average molecular weight is 181 g/mol. The molecule has 1 atom stereocenters. The van der Waals surface area contributed by atoms with Crippen LogP contribution in [0.15, 0.2) is 24.3 Å². The van der Waals surface area contributed by atoms with Crippen molar-refractivity contribution < 1.29 is 9.84 Å². The number of para-hydroxylation sites is 1. The predicted octanol–water partition coefficient (Wildman–Crippen LogP) is 1.08. The second-order valence-corrected chi connectivity index (χ2v) is 2.72. The summed E-state index contributed by atoms with van der Waals surface area (Å²) < 4.78 is 5.34. The Morgan fingerprint density at radius 3 is 2.77 bits per heavy atom. The summed E-state index contributed by atoms with van der Waals surface area (Å²) in [4.78, 5) is 0. The summed E-state index contributed by atoms with van der Waals surface area (Å²) in [5.41, 5.74) is 6.12. The minimum Gasteiger partial charge on any atom is -0.493 e. The van der Waals surface area contributed by atoms with E-state index in [9.17, 15) is 5.11 Å². The molecule has 0 spiro atoms. The molecule has 1 rings (SSSR count). The van der Waals surface area contributed by atoms with Crippen molar-refractivity contribution in [1.29, 1.82) is 0 Å². The van der Waals surface area contributed by atoms with Crippen LogP contribution in [0.2, 0.25) is 0 Å². The molecule has 1 aromatic carbocycles. The fraction of sp³-hybridized carbons (Fsp3) is 0.400. The van der Waals surface area contributed by atoms with E-state index in [2.05, 4.69) is 0 Å². The van der Waals surface area contributed by atoms with Crippen molar-refractivity contribution in [3.63, 3.8) is 0 Å². The van der Waals surface area contributed by atoms with Gasteiger partial charge in [-0.3, -0.25) is 0 Å². The predicted molar refractivity (Wildman–Crippen MR) is 51.6 cm³/mol. The zero-order valence-corrected chi connectivity index (χ0v) is 7.73. The van der Waals surface area contributed by atoms with Crippen LogP contribution in [0.5, 0.6) is 5.75 Å². The van der Waals surface area contributed by atoms with Crippen molar-refractivity contribution >= 4 is 0 Å². The number of nitrogens with two attached hydrogens (primary N) is 1. The number of aliphatic hydroxyl groups is 1. The van der Waals surface area contributed by atoms with E-state index in [1.165, 1.54) is 0 Å². The molecule has 0 aliphatic heterocycles. The molecule has 1 aromatic rings. The van der Waals surface area contributed by atoms with Crippen LogP contribution < -0.4 is 10.5 Å². The van der Waals surface area contributed by atoms with Gasteiger partial charge in [-0.2, -0.15) is 0 Å². The van der Waals surface area contributed by atoms with Gasteiger partial charge in [-0.15, -0.1) is 0 Å². The molecule has 72 valence electrons. The number of rotatable bonds is 4. The maximum atomic E-state index is 9.53. The summed E-state index contributed by atoms with van der Waals surface area (Å²) in [6, 6.07) is 7.38. The Morgan fingerprint density at radius 2 is 2.15 bits per heavy atom. The SMILES string of the molecule is CCOc1ccccc1C(O)CN. The summed E-state index contributed by atoms with van der Waals surface area (Å²) >= 11 is 0. The van der Waals surface area contributed by atoms with E-state index in [1.807, 2.05) is 31.2 Å². The molecule has 3 N–H and O–H groups in total. The van der Waals surface area contributed by atoms with E-state index >= 15 is 0 Å². The first-order valence-corrected chi connectivity index (χ1v) is 4.39. The van der Waals surface area contributed by atoms with Crippen molar-refractivity contribution in [1.82, 2.24) is 0 Å². The van der Waals surface area contributed by atoms with Crippen LogP contribution in [0.4, 0.5) is 0 Å². The zero-order chi connectivity index (χ0) is 9.68. The van der Waals surface area contributed by atoms with Crippen molar-refractivity contribution in [2.75, 3.05) is 13.2 Å². The lowest BCUT2D eigenvalue weighted by Crippen LogP contribution is -2.12. The Labute approximate surface area is 78.1 Å². The molecule has 0 heterocycles. The summed E-state index contributed by atoms with van der Waals surface area (Å²) in [6.45, 7) is 2.71. The van der Waals surface area contributed by atoms with Crippen LogP contribution in [0.3, 0.4) is 0 Å². The molecule has 0 bridgehead atoms. The molecule has 3 nitrogen and oxygen atoms in total. The largest absolute Gasteiger partial charge is 0.493 e. The molecule has 0 saturated carbocycles. The highest BCUT2D eigenvalue weighted by molar-refractivity contribution is 5.35. The second-order valence-electron chi connectivity index (χ2n) is 2.72. The summed E-state index contributed by atoms with van der Waals surface area (Å²) in [6.07, 6.45) is -0.636. The fourth-order valence-corrected chi connectivity index (χ4v) is 1.17. The molecule has 0 aliphatic carbocycles. The molecule has 0 fully saturated rings. The van der Waals surface area contributed by atoms with Crippen LogP contribution in [0.1, 0.15) is 18.6 Å². The molecule has 0 saturated heterocycles. The lowest BCUT2D eigenvalue weighted by molar-refractivity contribution is 0.180. The van der Waals surface area contributed by atoms with Crippen LogP contribution in [-0.4, -0.2) is 18.3 Å². The van der Waals surface area contributed by atoms with Crippen molar-refractivity contribution in [3.8, 4) is 5.75 Å². The number of ether oxygens (including phenoxy) is 1. The van der Waals surface area contributed by atoms with Gasteiger partial charge >= 0.3 is 0 Å². The zero-order valence-electron chi connectivity index (χ0n) is 7.73. The van der Waals surface area contributed by atoms with Gasteiger partial charge in [-0.05, 0) is 13.0 Å². The van der Waals surface area contributed by atoms with Crippen molar-refractivity contribution in [2.45, 2.75) is 13.0 Å². The van der Waals surface area contributed by atoms with Gasteiger partial charge in [0.1, 0.15) is 5.75 Å². The van der Waals surface area contributed by atoms with Gasteiger partial charge in [0.25, 0.3) is 0 Å². The lowest BCUT2D eigenvalue weighted by Gasteiger charge is -2.13. The van der Waals surface area contributed by atoms with Crippen LogP contribution in [0, 0.1) is 0 Å². The Kier molecular flexibility index (Phi) is 3.73. The normalized spacial score (nSPS) is 12.5. The summed E-state index contributed by atoms with van der Waals surface area (Å²) in [5.74, 6) is 0.711. The molecule has 0 radical (unpaired) electrons. The summed E-state index contributed by atoms with van der Waals surface area (Å²) in [5, 5.41) is 9.53. The minimum atomic E-state index is -0.636. The third kappa shape index (κ3) is 2.44. The van der Waals surface area contributed by atoms with Gasteiger partial charge in [0.2, 0.25) is 0 Å². The first-order valence-electron chi connectivity index (χ1n) is 4.39. The third-order valence-electron chi connectivity index (χ3n) is 1.80. The first-order chi connectivity index (χ1) is 6.29. The second kappa shape index (κ2) is 4.84. The monoisotopic (exact) mass is 181 g/mol. The topological polar surface area (TPSA) is 55.5 Å². The highest BCUT2D eigenvalue weighted by atomic mass is 16.5. The van der Waals surface area contributed by atoms with Crippen LogP contribution in [0.25, 0.3) is 0 Å². The first kappa shape index (κ1) is 10.0. The van der Waals surface area contributed by atoms with E-state index in [1.54, 1.807) is 0 Å². The molecular weight excluding hydrogens is 166 g/mol. The maximum Gasteiger partial charge on any atom is 0.125 e. The van der Waals surface area contributed by atoms with E-state index in [0.29, 0.717) is 12.4 Å². The molecule has 0 amide bonds. The molecule has 13 heavy (non-hydrogen) atoms. The highest BCUT2D eigenvalue weighted by Crippen LogP contribution is 2.23. The van der Waals surface area contributed by atoms with E-state index in [0.717, 1.165) is 5.56 Å². The fourth-order valence-electron chi connectivity index (χ4n) is 1.17. The Bertz CT molecular complexity index is 263. The molecule has 3 heteroatoms. The van der Waals surface area contributed by atoms with Crippen molar-refractivity contribution in [2.24, 2.45) is 5.73 Å². The maximum absolute atomic E-state index is 9.53. The van der Waals surface area contributed by atoms with Gasteiger partial charge in [0, 0.05) is 12.1 Å². The number of hydrogen-bond donors (Lipinski definition) is 2. The molecule has 1 unspecified atom stereocenters. The van der Waals surface area contributed by atoms with Crippen LogP contribution in [-0.2, 0) is 0 Å². The van der Waals surface area contributed by atoms with Gasteiger partial charge in [0.15, 0.2) is 0 Å². The van der Waals surface area contributed by atoms with E-state index < -0.39 is 6.10 Å². The van der Waals surface area contributed by atoms with Gasteiger partial charge in [-0.25, -0.2) is 0 Å². The third-order valence-corrected chi connectivity index (χ3v) is 1.80. The molecule has 0 aliphatic rings. The number of benzene rings is 1. The van der Waals surface area contributed by atoms with E-state index in [-0.39, 0.29) is 6.54 Å². The lowest BCUT2D eigenvalue weighted by atomic mass is 10.1. The van der Waals surface area contributed by atoms with Crippen LogP contribution >= 0.6 is 0 Å². The minimum absolute atomic E-state index is 0.212. The van der Waals surface area contributed by atoms with Gasteiger partial charge in [-0.1, -0.05) is 18.2 Å². The van der Waals surface area contributed by atoms with E-state index in [4.69, 9.17) is 10.5 Å². The van der Waals surface area contributed by atoms with Gasteiger partial charge < -0.3 is 15.6 Å². The van der Waals surface area contributed by atoms with Crippen molar-refractivity contribution in [3.05, 3.63) is 29.8 Å². The number of aliphatic hydroxyl groups excluding tert-OH is 1. The molecular formula is C10H15NO2. The number of hydrogen-bond acceptors (Lipinski definition) is 3. The average Bonchev–Trinajstić information content (AvgIpc) is 2.18. The summed E-state index contributed by atoms with van der Waals surface area (Å²) in [7, 11) is 0. The van der Waals surface area contributed by atoms with Gasteiger partial charge in [0.05, 0.1) is 12.7 Å². The Hall–Kier alpha value is -1.06. The Morgan fingerprint density at radius 1 is 1.46 bits per heavy atom. The standard InChI is InChI=1S/C10H15NO2/c1-2-13-10-6-4-3-5-8(10)9(12)7-11/h3-6,9,12H,2,7,11H2,1H3. The highest BCUT2D eigenvalue weighted by Gasteiger charge is 2.10. The molecule has 0 aromatic heterocycles. The Balaban J connectivity index is 2.90. The quantitative estimate of drug-likeness (QED) is 0.730. The smallest absolute Gasteiger partial charge is 0.125 e.